The number of carbonyl (C=O) groups is 1. The molecule has 6 heteroatoms. The van der Waals surface area contributed by atoms with Gasteiger partial charge in [0.1, 0.15) is 0 Å². The summed E-state index contributed by atoms with van der Waals surface area (Å²) in [5, 5.41) is 5.82. The molecular formula is C20H18Cl2N2OS. The first-order chi connectivity index (χ1) is 12.5. The summed E-state index contributed by atoms with van der Waals surface area (Å²) in [6, 6.07) is 13.4. The fraction of sp³-hybridized carbons (Fsp3) is 0.200. The smallest absolute Gasteiger partial charge is 0.260 e. The van der Waals surface area contributed by atoms with Crippen molar-refractivity contribution in [2.24, 2.45) is 0 Å². The minimum absolute atomic E-state index is 0.255. The van der Waals surface area contributed by atoms with Gasteiger partial charge in [0.25, 0.3) is 5.91 Å². The van der Waals surface area contributed by atoms with Gasteiger partial charge in [-0.2, -0.15) is 0 Å². The van der Waals surface area contributed by atoms with Crippen LogP contribution >= 0.6 is 34.5 Å². The maximum absolute atomic E-state index is 12.4. The third kappa shape index (κ3) is 4.09. The van der Waals surface area contributed by atoms with Crippen LogP contribution in [0.3, 0.4) is 0 Å². The molecule has 1 unspecified atom stereocenters. The van der Waals surface area contributed by atoms with E-state index in [0.29, 0.717) is 21.1 Å². The maximum atomic E-state index is 12.4. The molecular weight excluding hydrogens is 387 g/mol. The number of nitrogens with one attached hydrogen (secondary N) is 1. The molecule has 0 saturated carbocycles. The molecule has 0 radical (unpaired) electrons. The molecule has 1 aromatic heterocycles. The highest BCUT2D eigenvalue weighted by Crippen LogP contribution is 2.29. The number of benzene rings is 2. The van der Waals surface area contributed by atoms with Crippen molar-refractivity contribution in [3.63, 3.8) is 0 Å². The van der Waals surface area contributed by atoms with Crippen molar-refractivity contribution in [1.82, 2.24) is 4.98 Å². The number of aromatic nitrogens is 1. The molecule has 134 valence electrons. The van der Waals surface area contributed by atoms with Crippen LogP contribution in [0.15, 0.2) is 47.8 Å². The predicted octanol–water partition coefficient (Wildman–Crippen LogP) is 6.88. The normalized spacial score (nSPS) is 12.0. The standard InChI is InChI=1S/C20H18Cl2N2OS/c1-3-12(2)13-7-9-14(10-8-13)17-11-26-20(23-17)24-19(25)18-15(21)5-4-6-16(18)22/h4-12H,3H2,1-2H3,(H,23,24,25). The van der Waals surface area contributed by atoms with Gasteiger partial charge in [-0.25, -0.2) is 4.98 Å². The van der Waals surface area contributed by atoms with Gasteiger partial charge in [-0.1, -0.05) is 67.4 Å². The van der Waals surface area contributed by atoms with Crippen LogP contribution < -0.4 is 5.32 Å². The van der Waals surface area contributed by atoms with Crippen LogP contribution in [0.4, 0.5) is 5.13 Å². The maximum Gasteiger partial charge on any atom is 0.260 e. The zero-order valence-corrected chi connectivity index (χ0v) is 16.8. The van der Waals surface area contributed by atoms with Crippen molar-refractivity contribution in [2.45, 2.75) is 26.2 Å². The van der Waals surface area contributed by atoms with Crippen LogP contribution in [0, 0.1) is 0 Å². The van der Waals surface area contributed by atoms with E-state index < -0.39 is 0 Å². The number of rotatable bonds is 5. The summed E-state index contributed by atoms with van der Waals surface area (Å²) in [4.78, 5) is 16.9. The number of hydrogen-bond acceptors (Lipinski definition) is 3. The van der Waals surface area contributed by atoms with Gasteiger partial charge >= 0.3 is 0 Å². The van der Waals surface area contributed by atoms with E-state index in [-0.39, 0.29) is 11.5 Å². The lowest BCUT2D eigenvalue weighted by Gasteiger charge is -2.09. The van der Waals surface area contributed by atoms with E-state index >= 15 is 0 Å². The van der Waals surface area contributed by atoms with Crippen LogP contribution in [-0.2, 0) is 0 Å². The number of anilines is 1. The molecule has 0 spiro atoms. The number of thiazole rings is 1. The Morgan fingerprint density at radius 2 is 1.81 bits per heavy atom. The Morgan fingerprint density at radius 1 is 1.15 bits per heavy atom. The van der Waals surface area contributed by atoms with Crippen molar-refractivity contribution in [2.75, 3.05) is 5.32 Å². The van der Waals surface area contributed by atoms with Crippen molar-refractivity contribution < 1.29 is 4.79 Å². The Kier molecular flexibility index (Phi) is 5.97. The third-order valence-electron chi connectivity index (χ3n) is 4.30. The molecule has 1 atom stereocenters. The summed E-state index contributed by atoms with van der Waals surface area (Å²) in [5.41, 5.74) is 3.41. The van der Waals surface area contributed by atoms with E-state index in [1.165, 1.54) is 16.9 Å². The molecule has 0 bridgehead atoms. The molecule has 2 aromatic carbocycles. The predicted molar refractivity (Wildman–Crippen MR) is 111 cm³/mol. The lowest BCUT2D eigenvalue weighted by Crippen LogP contribution is -2.12. The summed E-state index contributed by atoms with van der Waals surface area (Å²) < 4.78 is 0. The van der Waals surface area contributed by atoms with Gasteiger partial charge in [-0.05, 0) is 30.0 Å². The molecule has 0 aliphatic carbocycles. The molecule has 3 nitrogen and oxygen atoms in total. The van der Waals surface area contributed by atoms with Crippen LogP contribution in [-0.4, -0.2) is 10.9 Å². The molecule has 3 rings (SSSR count). The van der Waals surface area contributed by atoms with Gasteiger partial charge in [-0.15, -0.1) is 11.3 Å². The second-order valence-electron chi connectivity index (χ2n) is 6.02. The van der Waals surface area contributed by atoms with Crippen LogP contribution in [0.1, 0.15) is 42.1 Å². The zero-order chi connectivity index (χ0) is 18.7. The first-order valence-electron chi connectivity index (χ1n) is 8.30. The summed E-state index contributed by atoms with van der Waals surface area (Å²) >= 11 is 13.5. The summed E-state index contributed by atoms with van der Waals surface area (Å²) in [5.74, 6) is 0.170. The number of halogens is 2. The van der Waals surface area contributed by atoms with Gasteiger partial charge in [0.2, 0.25) is 0 Å². The van der Waals surface area contributed by atoms with E-state index in [2.05, 4.69) is 48.4 Å². The first kappa shape index (κ1) is 18.9. The lowest BCUT2D eigenvalue weighted by atomic mass is 9.97. The first-order valence-corrected chi connectivity index (χ1v) is 9.94. The zero-order valence-electron chi connectivity index (χ0n) is 14.4. The molecule has 0 aliphatic rings. The number of hydrogen-bond donors (Lipinski definition) is 1. The third-order valence-corrected chi connectivity index (χ3v) is 5.69. The lowest BCUT2D eigenvalue weighted by molar-refractivity contribution is 0.102. The average Bonchev–Trinajstić information content (AvgIpc) is 3.09. The van der Waals surface area contributed by atoms with Crippen molar-refractivity contribution in [3.8, 4) is 11.3 Å². The minimum Gasteiger partial charge on any atom is -0.298 e. The molecule has 3 aromatic rings. The highest BCUT2D eigenvalue weighted by Gasteiger charge is 2.16. The molecule has 1 amide bonds. The quantitative estimate of drug-likeness (QED) is 0.503. The SMILES string of the molecule is CCC(C)c1ccc(-c2csc(NC(=O)c3c(Cl)cccc3Cl)n2)cc1. The largest absolute Gasteiger partial charge is 0.298 e. The van der Waals surface area contributed by atoms with E-state index in [4.69, 9.17) is 23.2 Å². The fourth-order valence-corrected chi connectivity index (χ4v) is 3.84. The van der Waals surface area contributed by atoms with Gasteiger partial charge in [-0.3, -0.25) is 10.1 Å². The number of carbonyl (C=O) groups excluding carboxylic acids is 1. The number of amides is 1. The van der Waals surface area contributed by atoms with Gasteiger partial charge in [0.15, 0.2) is 5.13 Å². The highest BCUT2D eigenvalue weighted by atomic mass is 35.5. The van der Waals surface area contributed by atoms with Gasteiger partial charge in [0.05, 0.1) is 21.3 Å². The Labute approximate surface area is 167 Å². The van der Waals surface area contributed by atoms with Gasteiger partial charge < -0.3 is 0 Å². The van der Waals surface area contributed by atoms with Crippen molar-refractivity contribution in [3.05, 3.63) is 69.0 Å². The second kappa shape index (κ2) is 8.21. The molecule has 1 N–H and O–H groups in total. The van der Waals surface area contributed by atoms with Crippen LogP contribution in [0.25, 0.3) is 11.3 Å². The summed E-state index contributed by atoms with van der Waals surface area (Å²) in [7, 11) is 0. The highest BCUT2D eigenvalue weighted by molar-refractivity contribution is 7.14. The van der Waals surface area contributed by atoms with E-state index in [0.717, 1.165) is 17.7 Å². The van der Waals surface area contributed by atoms with E-state index in [1.807, 2.05) is 5.38 Å². The Morgan fingerprint density at radius 3 is 2.42 bits per heavy atom. The van der Waals surface area contributed by atoms with Gasteiger partial charge in [0, 0.05) is 10.9 Å². The molecule has 0 fully saturated rings. The monoisotopic (exact) mass is 404 g/mol. The van der Waals surface area contributed by atoms with Crippen LogP contribution in [0.5, 0.6) is 0 Å². The fourth-order valence-electron chi connectivity index (χ4n) is 2.56. The van der Waals surface area contributed by atoms with Crippen LogP contribution in [0.2, 0.25) is 10.0 Å². The minimum atomic E-state index is -0.367. The summed E-state index contributed by atoms with van der Waals surface area (Å²) in [6.07, 6.45) is 1.11. The molecule has 0 saturated heterocycles. The molecule has 0 aliphatic heterocycles. The second-order valence-corrected chi connectivity index (χ2v) is 7.69. The van der Waals surface area contributed by atoms with Crippen molar-refractivity contribution >= 4 is 45.6 Å². The molecule has 26 heavy (non-hydrogen) atoms. The van der Waals surface area contributed by atoms with E-state index in [9.17, 15) is 4.79 Å². The van der Waals surface area contributed by atoms with Crippen molar-refractivity contribution in [1.29, 1.82) is 0 Å². The summed E-state index contributed by atoms with van der Waals surface area (Å²) in [6.45, 7) is 4.39. The topological polar surface area (TPSA) is 42.0 Å². The molecule has 1 heterocycles. The number of nitrogens with zero attached hydrogens (tertiary/aromatic N) is 1. The average molecular weight is 405 g/mol. The van der Waals surface area contributed by atoms with E-state index in [1.54, 1.807) is 18.2 Å². The Hall–Kier alpha value is -1.88. The Bertz CT molecular complexity index is 902. The Balaban J connectivity index is 1.77.